The Morgan fingerprint density at radius 3 is 2.86 bits per heavy atom. The summed E-state index contributed by atoms with van der Waals surface area (Å²) >= 11 is 4.62. The molecule has 2 heterocycles. The van der Waals surface area contributed by atoms with Crippen molar-refractivity contribution in [3.63, 3.8) is 0 Å². The van der Waals surface area contributed by atoms with Crippen LogP contribution >= 0.6 is 27.3 Å². The average molecular weight is 385 g/mol. The lowest BCUT2D eigenvalue weighted by molar-refractivity contribution is -0.133. The first-order chi connectivity index (χ1) is 10.4. The van der Waals surface area contributed by atoms with Crippen LogP contribution in [0.5, 0.6) is 0 Å². The molecule has 2 atom stereocenters. The van der Waals surface area contributed by atoms with Crippen LogP contribution in [0.2, 0.25) is 0 Å². The van der Waals surface area contributed by atoms with Gasteiger partial charge < -0.3 is 5.32 Å². The zero-order valence-corrected chi connectivity index (χ0v) is 14.6. The number of ketones is 1. The number of nitrogens with one attached hydrogen (secondary N) is 1. The fourth-order valence-electron chi connectivity index (χ4n) is 3.32. The summed E-state index contributed by atoms with van der Waals surface area (Å²) in [5.74, 6) is -0.345. The van der Waals surface area contributed by atoms with Gasteiger partial charge in [-0.15, -0.1) is 11.3 Å². The number of carbonyl (C=O) groups is 3. The number of hydrogen-bond donors (Lipinski definition) is 1. The molecule has 1 aliphatic heterocycles. The number of amides is 3. The lowest BCUT2D eigenvalue weighted by atomic mass is 9.73. The minimum atomic E-state index is -0.800. The van der Waals surface area contributed by atoms with Gasteiger partial charge in [0, 0.05) is 0 Å². The molecule has 1 spiro atoms. The van der Waals surface area contributed by atoms with Crippen molar-refractivity contribution in [3.8, 4) is 0 Å². The third-order valence-electron chi connectivity index (χ3n) is 4.65. The van der Waals surface area contributed by atoms with E-state index >= 15 is 0 Å². The van der Waals surface area contributed by atoms with Gasteiger partial charge in [-0.25, -0.2) is 4.79 Å². The van der Waals surface area contributed by atoms with Gasteiger partial charge in [-0.2, -0.15) is 0 Å². The van der Waals surface area contributed by atoms with Gasteiger partial charge in [-0.1, -0.05) is 19.8 Å². The lowest BCUT2D eigenvalue weighted by Crippen LogP contribution is -2.54. The first-order valence-electron chi connectivity index (χ1n) is 7.37. The standard InChI is InChI=1S/C15H17BrN2O3S/c1-9-4-2-3-7-15(9)13(20)18(14(21)17-15)8-10(19)11-5-6-12(16)22-11/h5-6,9H,2-4,7-8H2,1H3,(H,17,21)/t9-,15-/m1/s1. The summed E-state index contributed by atoms with van der Waals surface area (Å²) in [6.45, 7) is 1.81. The first kappa shape index (κ1) is 15.7. The molecule has 3 rings (SSSR count). The minimum absolute atomic E-state index is 0.105. The number of halogens is 1. The van der Waals surface area contributed by atoms with Gasteiger partial charge in [-0.05, 0) is 46.8 Å². The molecule has 0 aromatic carbocycles. The van der Waals surface area contributed by atoms with E-state index in [0.717, 1.165) is 27.9 Å². The van der Waals surface area contributed by atoms with E-state index in [1.165, 1.54) is 11.3 Å². The van der Waals surface area contributed by atoms with Crippen molar-refractivity contribution < 1.29 is 14.4 Å². The van der Waals surface area contributed by atoms with Crippen LogP contribution in [0.25, 0.3) is 0 Å². The van der Waals surface area contributed by atoms with Crippen LogP contribution in [0.3, 0.4) is 0 Å². The molecule has 22 heavy (non-hydrogen) atoms. The summed E-state index contributed by atoms with van der Waals surface area (Å²) < 4.78 is 0.852. The highest BCUT2D eigenvalue weighted by molar-refractivity contribution is 9.11. The van der Waals surface area contributed by atoms with E-state index < -0.39 is 11.6 Å². The van der Waals surface area contributed by atoms with Crippen molar-refractivity contribution >= 4 is 45.0 Å². The number of rotatable bonds is 3. The molecule has 2 aliphatic rings. The second-order valence-electron chi connectivity index (χ2n) is 5.97. The number of urea groups is 1. The van der Waals surface area contributed by atoms with E-state index in [4.69, 9.17) is 0 Å². The summed E-state index contributed by atoms with van der Waals surface area (Å²) in [7, 11) is 0. The van der Waals surface area contributed by atoms with Crippen LogP contribution in [-0.4, -0.2) is 34.7 Å². The van der Waals surface area contributed by atoms with Crippen molar-refractivity contribution in [1.82, 2.24) is 10.2 Å². The number of hydrogen-bond acceptors (Lipinski definition) is 4. The molecule has 1 saturated heterocycles. The molecule has 7 heteroatoms. The summed E-state index contributed by atoms with van der Waals surface area (Å²) in [5.41, 5.74) is -0.800. The van der Waals surface area contributed by atoms with Crippen molar-refractivity contribution in [2.24, 2.45) is 5.92 Å². The van der Waals surface area contributed by atoms with E-state index in [1.807, 2.05) is 6.92 Å². The zero-order chi connectivity index (χ0) is 15.9. The molecule has 118 valence electrons. The molecule has 1 saturated carbocycles. The molecule has 1 aromatic rings. The normalized spacial score (nSPS) is 28.3. The van der Waals surface area contributed by atoms with Gasteiger partial charge in [0.25, 0.3) is 5.91 Å². The summed E-state index contributed by atoms with van der Waals surface area (Å²) in [6, 6.07) is 3.05. The molecular formula is C15H17BrN2O3S. The number of thiophene rings is 1. The van der Waals surface area contributed by atoms with Crippen molar-refractivity contribution in [3.05, 3.63) is 20.8 Å². The van der Waals surface area contributed by atoms with E-state index in [2.05, 4.69) is 21.2 Å². The van der Waals surface area contributed by atoms with Crippen LogP contribution in [0, 0.1) is 5.92 Å². The SMILES string of the molecule is C[C@@H]1CCCC[C@@]12NC(=O)N(CC(=O)c1ccc(Br)s1)C2=O. The second kappa shape index (κ2) is 5.77. The van der Waals surface area contributed by atoms with Crippen LogP contribution in [0.1, 0.15) is 42.3 Å². The summed E-state index contributed by atoms with van der Waals surface area (Å²) in [4.78, 5) is 38.9. The van der Waals surface area contributed by atoms with Crippen LogP contribution < -0.4 is 5.32 Å². The Kier molecular flexibility index (Phi) is 4.11. The van der Waals surface area contributed by atoms with Crippen molar-refractivity contribution in [2.75, 3.05) is 6.54 Å². The van der Waals surface area contributed by atoms with Crippen LogP contribution in [0.15, 0.2) is 15.9 Å². The number of imide groups is 1. The molecule has 0 unspecified atom stereocenters. The van der Waals surface area contributed by atoms with Gasteiger partial charge in [0.05, 0.1) is 15.2 Å². The summed E-state index contributed by atoms with van der Waals surface area (Å²) in [5, 5.41) is 2.86. The van der Waals surface area contributed by atoms with Gasteiger partial charge >= 0.3 is 6.03 Å². The highest BCUT2D eigenvalue weighted by atomic mass is 79.9. The third kappa shape index (κ3) is 2.50. The smallest absolute Gasteiger partial charge is 0.323 e. The van der Waals surface area contributed by atoms with Gasteiger partial charge in [0.15, 0.2) is 5.78 Å². The van der Waals surface area contributed by atoms with E-state index in [-0.39, 0.29) is 24.2 Å². The molecule has 1 N–H and O–H groups in total. The van der Waals surface area contributed by atoms with Crippen molar-refractivity contribution in [2.45, 2.75) is 38.1 Å². The maximum Gasteiger partial charge on any atom is 0.325 e. The fourth-order valence-corrected chi connectivity index (χ4v) is 4.64. The van der Waals surface area contributed by atoms with Crippen LogP contribution in [-0.2, 0) is 4.79 Å². The molecule has 0 bridgehead atoms. The maximum absolute atomic E-state index is 12.8. The number of Topliss-reactive ketones (excluding diaryl/α,β-unsaturated/α-hetero) is 1. The molecule has 3 amide bonds. The largest absolute Gasteiger partial charge is 0.325 e. The molecule has 1 aromatic heterocycles. The van der Waals surface area contributed by atoms with E-state index in [0.29, 0.717) is 11.3 Å². The fraction of sp³-hybridized carbons (Fsp3) is 0.533. The molecular weight excluding hydrogens is 368 g/mol. The topological polar surface area (TPSA) is 66.5 Å². The Balaban J connectivity index is 1.79. The molecule has 0 radical (unpaired) electrons. The maximum atomic E-state index is 12.8. The Morgan fingerprint density at radius 1 is 1.45 bits per heavy atom. The quantitative estimate of drug-likeness (QED) is 0.642. The highest BCUT2D eigenvalue weighted by Gasteiger charge is 2.55. The van der Waals surface area contributed by atoms with Crippen LogP contribution in [0.4, 0.5) is 4.79 Å². The lowest BCUT2D eigenvalue weighted by Gasteiger charge is -2.36. The minimum Gasteiger partial charge on any atom is -0.323 e. The predicted octanol–water partition coefficient (Wildman–Crippen LogP) is 3.19. The number of nitrogens with zero attached hydrogens (tertiary/aromatic N) is 1. The van der Waals surface area contributed by atoms with Crippen molar-refractivity contribution in [1.29, 1.82) is 0 Å². The zero-order valence-electron chi connectivity index (χ0n) is 12.2. The summed E-state index contributed by atoms with van der Waals surface area (Å²) in [6.07, 6.45) is 3.59. The molecule has 1 aliphatic carbocycles. The van der Waals surface area contributed by atoms with Gasteiger partial charge in [-0.3, -0.25) is 14.5 Å². The molecule has 2 fully saturated rings. The molecule has 5 nitrogen and oxygen atoms in total. The van der Waals surface area contributed by atoms with Gasteiger partial charge in [0.1, 0.15) is 5.54 Å². The van der Waals surface area contributed by atoms with E-state index in [1.54, 1.807) is 12.1 Å². The monoisotopic (exact) mass is 384 g/mol. The number of carbonyl (C=O) groups excluding carboxylic acids is 3. The predicted molar refractivity (Wildman–Crippen MR) is 87.0 cm³/mol. The highest BCUT2D eigenvalue weighted by Crippen LogP contribution is 2.38. The Hall–Kier alpha value is -1.21. The Labute approximate surface area is 141 Å². The van der Waals surface area contributed by atoms with E-state index in [9.17, 15) is 14.4 Å². The first-order valence-corrected chi connectivity index (χ1v) is 8.97. The average Bonchev–Trinajstić information content (AvgIpc) is 3.01. The van der Waals surface area contributed by atoms with Gasteiger partial charge in [0.2, 0.25) is 0 Å². The third-order valence-corrected chi connectivity index (χ3v) is 6.32. The Morgan fingerprint density at radius 2 is 2.23 bits per heavy atom. The second-order valence-corrected chi connectivity index (χ2v) is 8.43. The Bertz CT molecular complexity index is 644.